The number of H-pyrrole nitrogens is 1. The normalized spacial score (nSPS) is 9.94. The van der Waals surface area contributed by atoms with E-state index in [2.05, 4.69) is 4.98 Å². The topological polar surface area (TPSA) is 58.1 Å². The zero-order chi connectivity index (χ0) is 12.8. The SMILES string of the molecule is CCN(CCCl)c1c[nH]c(=O)n(CCCl)c1=O.Cl. The molecule has 0 amide bonds. The molecule has 5 nitrogen and oxygen atoms in total. The smallest absolute Gasteiger partial charge is 0.328 e. The summed E-state index contributed by atoms with van der Waals surface area (Å²) < 4.78 is 1.10. The summed E-state index contributed by atoms with van der Waals surface area (Å²) in [5, 5.41) is 0. The fourth-order valence-electron chi connectivity index (χ4n) is 1.57. The molecule has 1 heterocycles. The van der Waals surface area contributed by atoms with Crippen LogP contribution in [0.1, 0.15) is 6.92 Å². The molecule has 0 fully saturated rings. The Morgan fingerprint density at radius 1 is 1.33 bits per heavy atom. The van der Waals surface area contributed by atoms with Crippen LogP contribution in [0, 0.1) is 0 Å². The highest BCUT2D eigenvalue weighted by molar-refractivity contribution is 6.18. The van der Waals surface area contributed by atoms with Crippen LogP contribution in [0.4, 0.5) is 5.69 Å². The van der Waals surface area contributed by atoms with Gasteiger partial charge in [0.1, 0.15) is 5.69 Å². The first kappa shape index (κ1) is 17.4. The van der Waals surface area contributed by atoms with E-state index in [4.69, 9.17) is 23.2 Å². The zero-order valence-corrected chi connectivity index (χ0v) is 12.3. The van der Waals surface area contributed by atoms with Gasteiger partial charge in [-0.25, -0.2) is 4.79 Å². The largest absolute Gasteiger partial charge is 0.365 e. The second kappa shape index (κ2) is 8.45. The molecule has 0 spiro atoms. The van der Waals surface area contributed by atoms with Crippen molar-refractivity contribution in [3.05, 3.63) is 27.0 Å². The summed E-state index contributed by atoms with van der Waals surface area (Å²) in [6.07, 6.45) is 1.42. The third kappa shape index (κ3) is 3.93. The van der Waals surface area contributed by atoms with Crippen molar-refractivity contribution < 1.29 is 0 Å². The van der Waals surface area contributed by atoms with Crippen LogP contribution in [0.2, 0.25) is 0 Å². The van der Waals surface area contributed by atoms with E-state index in [1.807, 2.05) is 11.8 Å². The Hall–Kier alpha value is -0.650. The van der Waals surface area contributed by atoms with Gasteiger partial charge in [-0.15, -0.1) is 35.6 Å². The molecule has 1 N–H and O–H groups in total. The van der Waals surface area contributed by atoms with Crippen molar-refractivity contribution in [1.82, 2.24) is 9.55 Å². The van der Waals surface area contributed by atoms with Gasteiger partial charge in [-0.05, 0) is 6.92 Å². The lowest BCUT2D eigenvalue weighted by molar-refractivity contribution is 0.669. The minimum atomic E-state index is -0.443. The second-order valence-corrected chi connectivity index (χ2v) is 4.15. The molecule has 0 atom stereocenters. The van der Waals surface area contributed by atoms with E-state index in [0.717, 1.165) is 4.57 Å². The van der Waals surface area contributed by atoms with Gasteiger partial charge in [0, 0.05) is 37.6 Å². The number of halogens is 3. The fourth-order valence-corrected chi connectivity index (χ4v) is 1.94. The number of nitrogens with zero attached hydrogens (tertiary/aromatic N) is 2. The van der Waals surface area contributed by atoms with E-state index in [0.29, 0.717) is 24.7 Å². The predicted molar refractivity (Wildman–Crippen MR) is 77.9 cm³/mol. The Morgan fingerprint density at radius 2 is 2.00 bits per heavy atom. The van der Waals surface area contributed by atoms with Gasteiger partial charge < -0.3 is 9.88 Å². The molecule has 0 aliphatic heterocycles. The monoisotopic (exact) mass is 315 g/mol. The number of rotatable bonds is 6. The summed E-state index contributed by atoms with van der Waals surface area (Å²) in [7, 11) is 0. The molecule has 0 saturated heterocycles. The maximum absolute atomic E-state index is 12.1. The highest BCUT2D eigenvalue weighted by Crippen LogP contribution is 2.04. The molecular formula is C10H16Cl3N3O2. The van der Waals surface area contributed by atoms with Crippen molar-refractivity contribution in [1.29, 1.82) is 0 Å². The van der Waals surface area contributed by atoms with Gasteiger partial charge in [0.25, 0.3) is 5.56 Å². The number of anilines is 1. The number of hydrogen-bond donors (Lipinski definition) is 1. The van der Waals surface area contributed by atoms with E-state index in [9.17, 15) is 9.59 Å². The first-order chi connectivity index (χ1) is 8.15. The molecule has 0 bridgehead atoms. The lowest BCUT2D eigenvalue weighted by Gasteiger charge is -2.21. The van der Waals surface area contributed by atoms with E-state index in [1.165, 1.54) is 6.20 Å². The molecule has 1 rings (SSSR count). The van der Waals surface area contributed by atoms with Crippen molar-refractivity contribution in [3.8, 4) is 0 Å². The summed E-state index contributed by atoms with van der Waals surface area (Å²) in [6, 6.07) is 0. The molecule has 8 heteroatoms. The van der Waals surface area contributed by atoms with E-state index in [1.54, 1.807) is 0 Å². The molecule has 0 aromatic carbocycles. The Balaban J connectivity index is 0.00000289. The van der Waals surface area contributed by atoms with Gasteiger partial charge >= 0.3 is 5.69 Å². The predicted octanol–water partition coefficient (Wildman–Crippen LogP) is 1.26. The van der Waals surface area contributed by atoms with E-state index in [-0.39, 0.29) is 30.4 Å². The van der Waals surface area contributed by atoms with Gasteiger partial charge in [-0.1, -0.05) is 0 Å². The maximum Gasteiger partial charge on any atom is 0.328 e. The van der Waals surface area contributed by atoms with Crippen molar-refractivity contribution in [2.24, 2.45) is 0 Å². The van der Waals surface area contributed by atoms with E-state index < -0.39 is 5.69 Å². The third-order valence-electron chi connectivity index (χ3n) is 2.43. The first-order valence-electron chi connectivity index (χ1n) is 5.35. The number of nitrogens with one attached hydrogen (secondary N) is 1. The van der Waals surface area contributed by atoms with Crippen LogP contribution in [0.25, 0.3) is 0 Å². The molecule has 0 radical (unpaired) electrons. The highest BCUT2D eigenvalue weighted by atomic mass is 35.5. The Morgan fingerprint density at radius 3 is 2.50 bits per heavy atom. The van der Waals surface area contributed by atoms with Crippen molar-refractivity contribution in [2.45, 2.75) is 13.5 Å². The van der Waals surface area contributed by atoms with Gasteiger partial charge in [0.05, 0.1) is 0 Å². The minimum Gasteiger partial charge on any atom is -0.365 e. The number of alkyl halides is 2. The van der Waals surface area contributed by atoms with Crippen molar-refractivity contribution >= 4 is 41.3 Å². The fraction of sp³-hybridized carbons (Fsp3) is 0.600. The van der Waals surface area contributed by atoms with Gasteiger partial charge in [0.2, 0.25) is 0 Å². The number of aromatic nitrogens is 2. The Labute approximate surface area is 121 Å². The van der Waals surface area contributed by atoms with Crippen LogP contribution < -0.4 is 16.1 Å². The average Bonchev–Trinajstić information content (AvgIpc) is 2.32. The van der Waals surface area contributed by atoms with Gasteiger partial charge in [-0.2, -0.15) is 0 Å². The first-order valence-corrected chi connectivity index (χ1v) is 6.42. The zero-order valence-electron chi connectivity index (χ0n) is 9.99. The summed E-state index contributed by atoms with van der Waals surface area (Å²) in [6.45, 7) is 3.32. The second-order valence-electron chi connectivity index (χ2n) is 3.39. The van der Waals surface area contributed by atoms with Crippen LogP contribution in [-0.4, -0.2) is 34.4 Å². The third-order valence-corrected chi connectivity index (χ3v) is 2.76. The lowest BCUT2D eigenvalue weighted by Crippen LogP contribution is -2.40. The summed E-state index contributed by atoms with van der Waals surface area (Å²) >= 11 is 11.2. The number of hydrogen-bond acceptors (Lipinski definition) is 3. The van der Waals surface area contributed by atoms with Crippen LogP contribution in [0.3, 0.4) is 0 Å². The molecule has 104 valence electrons. The molecule has 1 aromatic rings. The van der Waals surface area contributed by atoms with Crippen LogP contribution >= 0.6 is 35.6 Å². The van der Waals surface area contributed by atoms with Crippen LogP contribution in [0.15, 0.2) is 15.8 Å². The molecular weight excluding hydrogens is 300 g/mol. The highest BCUT2D eigenvalue weighted by Gasteiger charge is 2.12. The maximum atomic E-state index is 12.1. The Kier molecular flexibility index (Phi) is 8.15. The summed E-state index contributed by atoms with van der Waals surface area (Å²) in [4.78, 5) is 27.9. The minimum absolute atomic E-state index is 0. The van der Waals surface area contributed by atoms with Gasteiger partial charge in [-0.3, -0.25) is 9.36 Å². The molecule has 0 aliphatic carbocycles. The summed E-state index contributed by atoms with van der Waals surface area (Å²) in [5.41, 5.74) is -0.333. The average molecular weight is 317 g/mol. The molecule has 18 heavy (non-hydrogen) atoms. The summed E-state index contributed by atoms with van der Waals surface area (Å²) in [5.74, 6) is 0.635. The molecule has 0 unspecified atom stereocenters. The van der Waals surface area contributed by atoms with Crippen LogP contribution in [-0.2, 0) is 6.54 Å². The lowest BCUT2D eigenvalue weighted by atomic mass is 10.4. The number of aromatic amines is 1. The van der Waals surface area contributed by atoms with E-state index >= 15 is 0 Å². The van der Waals surface area contributed by atoms with Crippen LogP contribution in [0.5, 0.6) is 0 Å². The van der Waals surface area contributed by atoms with Crippen molar-refractivity contribution in [3.63, 3.8) is 0 Å². The molecule has 0 aliphatic rings. The molecule has 1 aromatic heterocycles. The standard InChI is InChI=1S/C10H15Cl2N3O2.ClH/c1-2-14(5-3-11)8-7-13-10(17)15(6-4-12)9(8)16;/h7H,2-6H2,1H3,(H,13,17);1H. The van der Waals surface area contributed by atoms with Crippen molar-refractivity contribution in [2.75, 3.05) is 29.7 Å². The molecule has 0 saturated carbocycles. The van der Waals surface area contributed by atoms with Gasteiger partial charge in [0.15, 0.2) is 0 Å². The Bertz CT molecular complexity index is 472. The quantitative estimate of drug-likeness (QED) is 0.804.